The summed E-state index contributed by atoms with van der Waals surface area (Å²) in [5, 5.41) is 5.97. The Morgan fingerprint density at radius 1 is 1.13 bits per heavy atom. The molecule has 170 valence electrons. The van der Waals surface area contributed by atoms with Gasteiger partial charge < -0.3 is 15.1 Å². The van der Waals surface area contributed by atoms with Crippen molar-refractivity contribution in [2.75, 3.05) is 59.9 Å². The Bertz CT molecular complexity index is 646. The van der Waals surface area contributed by atoms with Crippen LogP contribution in [0.5, 0.6) is 0 Å². The third-order valence-corrected chi connectivity index (χ3v) is 8.07. The highest BCUT2D eigenvalue weighted by atomic mass is 127. The number of thiophene rings is 1. The summed E-state index contributed by atoms with van der Waals surface area (Å²) in [5.41, 5.74) is 0. The van der Waals surface area contributed by atoms with Gasteiger partial charge in [-0.2, -0.15) is 0 Å². The van der Waals surface area contributed by atoms with Crippen LogP contribution in [0.2, 0.25) is 0 Å². The molecule has 30 heavy (non-hydrogen) atoms. The third-order valence-electron chi connectivity index (χ3n) is 7.13. The lowest BCUT2D eigenvalue weighted by molar-refractivity contribution is 0.124. The van der Waals surface area contributed by atoms with Gasteiger partial charge in [0.1, 0.15) is 0 Å². The lowest BCUT2D eigenvalue weighted by Gasteiger charge is -2.39. The van der Waals surface area contributed by atoms with Gasteiger partial charge in [0, 0.05) is 44.1 Å². The fourth-order valence-corrected chi connectivity index (χ4v) is 6.60. The molecule has 3 unspecified atom stereocenters. The summed E-state index contributed by atoms with van der Waals surface area (Å²) >= 11 is 1.90. The normalized spacial score (nSPS) is 29.1. The predicted octanol–water partition coefficient (Wildman–Crippen LogP) is 4.13. The number of halogens is 1. The quantitative estimate of drug-likeness (QED) is 0.343. The first-order chi connectivity index (χ1) is 14.2. The first-order valence-electron chi connectivity index (χ1n) is 11.7. The number of hydrogen-bond donors (Lipinski definition) is 1. The van der Waals surface area contributed by atoms with Crippen LogP contribution >= 0.6 is 35.3 Å². The Kier molecular flexibility index (Phi) is 9.72. The number of rotatable bonds is 5. The average Bonchev–Trinajstić information content (AvgIpc) is 3.42. The summed E-state index contributed by atoms with van der Waals surface area (Å²) in [6.07, 6.45) is 8.11. The maximum atomic E-state index is 4.65. The van der Waals surface area contributed by atoms with E-state index in [2.05, 4.69) is 49.6 Å². The SMILES string of the molecule is CN=C(NCC1CCCN(C)C1c1cccs1)N1CCC(CN2CCCCC2)C1.I. The van der Waals surface area contributed by atoms with E-state index in [4.69, 9.17) is 0 Å². The highest BCUT2D eigenvalue weighted by molar-refractivity contribution is 14.0. The lowest BCUT2D eigenvalue weighted by Crippen LogP contribution is -2.46. The number of piperidine rings is 2. The number of guanidine groups is 1. The molecule has 0 aromatic carbocycles. The van der Waals surface area contributed by atoms with Gasteiger partial charge in [0.05, 0.1) is 0 Å². The molecule has 5 nitrogen and oxygen atoms in total. The lowest BCUT2D eigenvalue weighted by atomic mass is 9.88. The maximum absolute atomic E-state index is 4.65. The van der Waals surface area contributed by atoms with E-state index in [9.17, 15) is 0 Å². The van der Waals surface area contributed by atoms with E-state index >= 15 is 0 Å². The first-order valence-corrected chi connectivity index (χ1v) is 12.5. The second kappa shape index (κ2) is 12.0. The average molecular weight is 546 g/mol. The van der Waals surface area contributed by atoms with Crippen LogP contribution < -0.4 is 5.32 Å². The van der Waals surface area contributed by atoms with E-state index in [0.29, 0.717) is 12.0 Å². The second-order valence-electron chi connectivity index (χ2n) is 9.23. The van der Waals surface area contributed by atoms with Crippen LogP contribution in [0, 0.1) is 11.8 Å². The molecule has 3 saturated heterocycles. The Morgan fingerprint density at radius 3 is 2.70 bits per heavy atom. The van der Waals surface area contributed by atoms with Gasteiger partial charge in [-0.15, -0.1) is 35.3 Å². The van der Waals surface area contributed by atoms with Crippen molar-refractivity contribution in [1.29, 1.82) is 0 Å². The molecule has 3 fully saturated rings. The van der Waals surface area contributed by atoms with Gasteiger partial charge in [-0.05, 0) is 82.1 Å². The van der Waals surface area contributed by atoms with E-state index in [1.54, 1.807) is 0 Å². The largest absolute Gasteiger partial charge is 0.356 e. The fraction of sp³-hybridized carbons (Fsp3) is 0.783. The number of aliphatic imine (C=N–C) groups is 1. The molecule has 0 radical (unpaired) electrons. The van der Waals surface area contributed by atoms with E-state index in [0.717, 1.165) is 31.5 Å². The zero-order chi connectivity index (χ0) is 20.1. The van der Waals surface area contributed by atoms with Crippen LogP contribution in [-0.4, -0.2) is 80.6 Å². The summed E-state index contributed by atoms with van der Waals surface area (Å²) < 4.78 is 0. The number of nitrogens with one attached hydrogen (secondary N) is 1. The summed E-state index contributed by atoms with van der Waals surface area (Å²) in [7, 11) is 4.24. The van der Waals surface area contributed by atoms with Crippen LogP contribution in [0.25, 0.3) is 0 Å². The Balaban J connectivity index is 0.00000256. The first kappa shape index (κ1) is 24.3. The second-order valence-corrected chi connectivity index (χ2v) is 10.2. The molecule has 3 aliphatic heterocycles. The van der Waals surface area contributed by atoms with Crippen LogP contribution in [0.1, 0.15) is 49.4 Å². The van der Waals surface area contributed by atoms with Crippen LogP contribution in [0.3, 0.4) is 0 Å². The molecule has 7 heteroatoms. The molecule has 1 aromatic rings. The smallest absolute Gasteiger partial charge is 0.193 e. The molecule has 4 heterocycles. The maximum Gasteiger partial charge on any atom is 0.193 e. The van der Waals surface area contributed by atoms with Gasteiger partial charge in [0.2, 0.25) is 0 Å². The molecule has 3 atom stereocenters. The van der Waals surface area contributed by atoms with Crippen LogP contribution in [0.4, 0.5) is 0 Å². The van der Waals surface area contributed by atoms with E-state index < -0.39 is 0 Å². The summed E-state index contributed by atoms with van der Waals surface area (Å²) in [6, 6.07) is 5.04. The molecule has 0 saturated carbocycles. The molecule has 0 bridgehead atoms. The minimum Gasteiger partial charge on any atom is -0.356 e. The molecule has 1 aromatic heterocycles. The van der Waals surface area contributed by atoms with Crippen molar-refractivity contribution >= 4 is 41.3 Å². The molecule has 0 amide bonds. The van der Waals surface area contributed by atoms with Gasteiger partial charge >= 0.3 is 0 Å². The zero-order valence-electron chi connectivity index (χ0n) is 18.8. The number of hydrogen-bond acceptors (Lipinski definition) is 4. The summed E-state index contributed by atoms with van der Waals surface area (Å²) in [5.74, 6) is 2.56. The zero-order valence-corrected chi connectivity index (χ0v) is 21.9. The topological polar surface area (TPSA) is 34.1 Å². The van der Waals surface area contributed by atoms with Crippen molar-refractivity contribution in [3.63, 3.8) is 0 Å². The van der Waals surface area contributed by atoms with Crippen molar-refractivity contribution in [3.8, 4) is 0 Å². The minimum atomic E-state index is 0. The van der Waals surface area contributed by atoms with E-state index in [-0.39, 0.29) is 24.0 Å². The Morgan fingerprint density at radius 2 is 1.97 bits per heavy atom. The van der Waals surface area contributed by atoms with Crippen molar-refractivity contribution in [2.45, 2.75) is 44.6 Å². The molecule has 4 rings (SSSR count). The molecular weight excluding hydrogens is 505 g/mol. The van der Waals surface area contributed by atoms with Gasteiger partial charge in [0.15, 0.2) is 5.96 Å². The highest BCUT2D eigenvalue weighted by Gasteiger charge is 2.32. The molecule has 0 aliphatic carbocycles. The Labute approximate surface area is 204 Å². The molecular formula is C23H40IN5S. The van der Waals surface area contributed by atoms with Gasteiger partial charge in [-0.1, -0.05) is 12.5 Å². The third kappa shape index (κ3) is 6.11. The van der Waals surface area contributed by atoms with Gasteiger partial charge in [0.25, 0.3) is 0 Å². The van der Waals surface area contributed by atoms with Crippen LogP contribution in [-0.2, 0) is 0 Å². The highest BCUT2D eigenvalue weighted by Crippen LogP contribution is 2.36. The fourth-order valence-electron chi connectivity index (χ4n) is 5.62. The molecule has 0 spiro atoms. The van der Waals surface area contributed by atoms with Crippen molar-refractivity contribution in [2.24, 2.45) is 16.8 Å². The van der Waals surface area contributed by atoms with Crippen molar-refractivity contribution < 1.29 is 0 Å². The Hall–Kier alpha value is -0.380. The van der Waals surface area contributed by atoms with E-state index in [1.807, 2.05) is 18.4 Å². The number of likely N-dealkylation sites (tertiary alicyclic amines) is 3. The molecule has 1 N–H and O–H groups in total. The van der Waals surface area contributed by atoms with Crippen LogP contribution in [0.15, 0.2) is 22.5 Å². The monoisotopic (exact) mass is 545 g/mol. The predicted molar refractivity (Wildman–Crippen MR) is 139 cm³/mol. The van der Waals surface area contributed by atoms with Crippen molar-refractivity contribution in [1.82, 2.24) is 20.0 Å². The number of nitrogens with zero attached hydrogens (tertiary/aromatic N) is 4. The summed E-state index contributed by atoms with van der Waals surface area (Å²) in [6.45, 7) is 8.43. The van der Waals surface area contributed by atoms with Crippen molar-refractivity contribution in [3.05, 3.63) is 22.4 Å². The van der Waals surface area contributed by atoms with E-state index in [1.165, 1.54) is 69.6 Å². The minimum absolute atomic E-state index is 0. The van der Waals surface area contributed by atoms with Gasteiger partial charge in [-0.3, -0.25) is 9.89 Å². The summed E-state index contributed by atoms with van der Waals surface area (Å²) in [4.78, 5) is 13.9. The standard InChI is InChI=1S/C23H39N5S.HI/c1-24-23(28-14-10-19(18-28)17-27-12-4-3-5-13-27)25-16-20-8-6-11-26(2)22(20)21-9-7-15-29-21;/h7,9,15,19-20,22H,3-6,8,10-14,16-18H2,1-2H3,(H,24,25);1H. The molecule has 3 aliphatic rings. The van der Waals surface area contributed by atoms with Gasteiger partial charge in [-0.25, -0.2) is 0 Å².